The van der Waals surface area contributed by atoms with Gasteiger partial charge in [0.1, 0.15) is 0 Å². The molecule has 1 N–H and O–H groups in total. The van der Waals surface area contributed by atoms with E-state index in [1.54, 1.807) is 7.11 Å². The van der Waals surface area contributed by atoms with E-state index in [-0.39, 0.29) is 17.9 Å². The van der Waals surface area contributed by atoms with Gasteiger partial charge in [0.2, 0.25) is 5.91 Å². The normalized spacial score (nSPS) is 13.8. The Labute approximate surface area is 120 Å². The molecule has 0 saturated heterocycles. The largest absolute Gasteiger partial charge is 0.383 e. The number of ether oxygens (including phenoxy) is 1. The van der Waals surface area contributed by atoms with Crippen LogP contribution in [0.1, 0.15) is 31.2 Å². The highest BCUT2D eigenvalue weighted by Gasteiger charge is 2.21. The highest BCUT2D eigenvalue weighted by Crippen LogP contribution is 2.19. The number of methoxy groups -OCH3 is 1. The maximum atomic E-state index is 12.3. The minimum atomic E-state index is -0.115. The van der Waals surface area contributed by atoms with Crippen molar-refractivity contribution in [3.63, 3.8) is 0 Å². The molecule has 4 heteroatoms. The molecule has 19 heavy (non-hydrogen) atoms. The summed E-state index contributed by atoms with van der Waals surface area (Å²) in [7, 11) is 1.63. The number of amides is 1. The van der Waals surface area contributed by atoms with Crippen LogP contribution in [0.25, 0.3) is 0 Å². The van der Waals surface area contributed by atoms with Gasteiger partial charge in [0, 0.05) is 13.0 Å². The third kappa shape index (κ3) is 5.21. The summed E-state index contributed by atoms with van der Waals surface area (Å²) in [5.41, 5.74) is 1.05. The Bertz CT molecular complexity index is 364. The average Bonchev–Trinajstić information content (AvgIpc) is 2.41. The molecular formula is C15H22ClNO2. The van der Waals surface area contributed by atoms with Crippen LogP contribution in [0.4, 0.5) is 0 Å². The van der Waals surface area contributed by atoms with Gasteiger partial charge in [-0.05, 0) is 18.4 Å². The molecule has 1 amide bonds. The highest BCUT2D eigenvalue weighted by molar-refractivity contribution is 6.17. The van der Waals surface area contributed by atoms with Crippen LogP contribution >= 0.6 is 11.6 Å². The zero-order chi connectivity index (χ0) is 14.1. The second-order valence-electron chi connectivity index (χ2n) is 4.51. The van der Waals surface area contributed by atoms with Gasteiger partial charge in [0.15, 0.2) is 0 Å². The Morgan fingerprint density at radius 2 is 2.05 bits per heavy atom. The minimum Gasteiger partial charge on any atom is -0.383 e. The van der Waals surface area contributed by atoms with Gasteiger partial charge in [-0.1, -0.05) is 37.3 Å². The zero-order valence-corrected chi connectivity index (χ0v) is 12.3. The number of alkyl halides is 1. The third-order valence-corrected chi connectivity index (χ3v) is 3.32. The third-order valence-electron chi connectivity index (χ3n) is 3.10. The fourth-order valence-corrected chi connectivity index (χ4v) is 2.35. The molecule has 106 valence electrons. The highest BCUT2D eigenvalue weighted by atomic mass is 35.5. The topological polar surface area (TPSA) is 38.3 Å². The molecule has 2 unspecified atom stereocenters. The first-order valence-corrected chi connectivity index (χ1v) is 7.16. The summed E-state index contributed by atoms with van der Waals surface area (Å²) < 4.78 is 5.10. The van der Waals surface area contributed by atoms with E-state index in [1.165, 1.54) is 0 Å². The number of halogens is 1. The second kappa shape index (κ2) is 8.94. The zero-order valence-electron chi connectivity index (χ0n) is 11.6. The number of benzene rings is 1. The predicted octanol–water partition coefficient (Wildman–Crippen LogP) is 2.94. The van der Waals surface area contributed by atoms with Crippen molar-refractivity contribution in [1.82, 2.24) is 5.32 Å². The van der Waals surface area contributed by atoms with Crippen LogP contribution in [0.3, 0.4) is 0 Å². The first-order chi connectivity index (χ1) is 9.22. The van der Waals surface area contributed by atoms with Crippen LogP contribution in [0.2, 0.25) is 0 Å². The van der Waals surface area contributed by atoms with E-state index < -0.39 is 0 Å². The molecule has 0 spiro atoms. The number of rotatable bonds is 8. The van der Waals surface area contributed by atoms with E-state index in [1.807, 2.05) is 37.3 Å². The molecule has 0 heterocycles. The van der Waals surface area contributed by atoms with Crippen LogP contribution in [-0.2, 0) is 9.53 Å². The summed E-state index contributed by atoms with van der Waals surface area (Å²) in [6.07, 6.45) is 1.49. The van der Waals surface area contributed by atoms with E-state index in [0.29, 0.717) is 18.9 Å². The van der Waals surface area contributed by atoms with Crippen molar-refractivity contribution in [3.8, 4) is 0 Å². The van der Waals surface area contributed by atoms with Gasteiger partial charge in [0.05, 0.1) is 18.6 Å². The SMILES string of the molecule is CCC(C(=O)NC(CCCl)COC)c1ccccc1. The summed E-state index contributed by atoms with van der Waals surface area (Å²) in [6, 6.07) is 9.82. The van der Waals surface area contributed by atoms with E-state index >= 15 is 0 Å². The number of nitrogens with one attached hydrogen (secondary N) is 1. The van der Waals surface area contributed by atoms with Crippen molar-refractivity contribution in [2.24, 2.45) is 0 Å². The summed E-state index contributed by atoms with van der Waals surface area (Å²) in [5, 5.41) is 3.02. The van der Waals surface area contributed by atoms with Gasteiger partial charge < -0.3 is 10.1 Å². The van der Waals surface area contributed by atoms with Gasteiger partial charge in [-0.2, -0.15) is 0 Å². The minimum absolute atomic E-state index is 0.0206. The van der Waals surface area contributed by atoms with Crippen molar-refractivity contribution in [3.05, 3.63) is 35.9 Å². The monoisotopic (exact) mass is 283 g/mol. The number of hydrogen-bond donors (Lipinski definition) is 1. The maximum Gasteiger partial charge on any atom is 0.227 e. The van der Waals surface area contributed by atoms with Gasteiger partial charge in [0.25, 0.3) is 0 Å². The molecular weight excluding hydrogens is 262 g/mol. The van der Waals surface area contributed by atoms with Crippen LogP contribution in [-0.4, -0.2) is 31.5 Å². The lowest BCUT2D eigenvalue weighted by Gasteiger charge is -2.21. The number of carbonyl (C=O) groups excluding carboxylic acids is 1. The molecule has 0 aromatic heterocycles. The van der Waals surface area contributed by atoms with E-state index in [4.69, 9.17) is 16.3 Å². The second-order valence-corrected chi connectivity index (χ2v) is 4.89. The molecule has 2 atom stereocenters. The maximum absolute atomic E-state index is 12.3. The molecule has 0 bridgehead atoms. The molecule has 0 fully saturated rings. The average molecular weight is 284 g/mol. The fraction of sp³-hybridized carbons (Fsp3) is 0.533. The van der Waals surface area contributed by atoms with Gasteiger partial charge >= 0.3 is 0 Å². The van der Waals surface area contributed by atoms with Gasteiger partial charge in [-0.15, -0.1) is 11.6 Å². The van der Waals surface area contributed by atoms with Crippen molar-refractivity contribution >= 4 is 17.5 Å². The van der Waals surface area contributed by atoms with Crippen molar-refractivity contribution < 1.29 is 9.53 Å². The van der Waals surface area contributed by atoms with E-state index in [2.05, 4.69) is 5.32 Å². The van der Waals surface area contributed by atoms with Gasteiger partial charge in [-0.3, -0.25) is 4.79 Å². The van der Waals surface area contributed by atoms with Crippen LogP contribution < -0.4 is 5.32 Å². The molecule has 0 aliphatic rings. The molecule has 0 aliphatic carbocycles. The quantitative estimate of drug-likeness (QED) is 0.745. The molecule has 3 nitrogen and oxygen atoms in total. The van der Waals surface area contributed by atoms with E-state index in [9.17, 15) is 4.79 Å². The smallest absolute Gasteiger partial charge is 0.227 e. The lowest BCUT2D eigenvalue weighted by Crippen LogP contribution is -2.40. The Kier molecular flexibility index (Phi) is 7.53. The molecule has 1 aromatic rings. The van der Waals surface area contributed by atoms with Crippen LogP contribution in [0, 0.1) is 0 Å². The molecule has 1 aromatic carbocycles. The fourth-order valence-electron chi connectivity index (χ4n) is 2.09. The standard InChI is InChI=1S/C15H22ClNO2/c1-3-14(12-7-5-4-6-8-12)15(18)17-13(9-10-16)11-19-2/h4-8,13-14H,3,9-11H2,1-2H3,(H,17,18). The lowest BCUT2D eigenvalue weighted by atomic mass is 9.95. The Balaban J connectivity index is 2.68. The molecule has 1 rings (SSSR count). The summed E-state index contributed by atoms with van der Waals surface area (Å²) in [6.45, 7) is 2.51. The lowest BCUT2D eigenvalue weighted by molar-refractivity contribution is -0.123. The summed E-state index contributed by atoms with van der Waals surface area (Å²) in [4.78, 5) is 12.3. The Morgan fingerprint density at radius 1 is 1.37 bits per heavy atom. The number of hydrogen-bond acceptors (Lipinski definition) is 2. The van der Waals surface area contributed by atoms with E-state index in [0.717, 1.165) is 12.0 Å². The molecule has 0 radical (unpaired) electrons. The van der Waals surface area contributed by atoms with Crippen LogP contribution in [0.15, 0.2) is 30.3 Å². The van der Waals surface area contributed by atoms with Crippen LogP contribution in [0.5, 0.6) is 0 Å². The summed E-state index contributed by atoms with van der Waals surface area (Å²) in [5.74, 6) is 0.438. The van der Waals surface area contributed by atoms with Crippen molar-refractivity contribution in [1.29, 1.82) is 0 Å². The Hall–Kier alpha value is -1.06. The van der Waals surface area contributed by atoms with Crippen molar-refractivity contribution in [2.45, 2.75) is 31.7 Å². The predicted molar refractivity (Wildman–Crippen MR) is 78.6 cm³/mol. The van der Waals surface area contributed by atoms with Gasteiger partial charge in [-0.25, -0.2) is 0 Å². The first kappa shape index (κ1) is 16.0. The molecule has 0 saturated carbocycles. The molecule has 0 aliphatic heterocycles. The first-order valence-electron chi connectivity index (χ1n) is 6.63. The number of carbonyl (C=O) groups is 1. The Morgan fingerprint density at radius 3 is 2.58 bits per heavy atom. The van der Waals surface area contributed by atoms with Crippen molar-refractivity contribution in [2.75, 3.05) is 19.6 Å². The summed E-state index contributed by atoms with van der Waals surface area (Å²) >= 11 is 5.74.